The lowest BCUT2D eigenvalue weighted by Gasteiger charge is -2.28. The summed E-state index contributed by atoms with van der Waals surface area (Å²) in [6, 6.07) is 7.84. The first-order valence-electron chi connectivity index (χ1n) is 5.18. The SMILES string of the molecule is C=CC(=O)N1CCc2c(C#N)cccc2C1. The molecule has 0 bridgehead atoms. The van der Waals surface area contributed by atoms with Gasteiger partial charge in [-0.2, -0.15) is 5.26 Å². The van der Waals surface area contributed by atoms with Gasteiger partial charge in [0.25, 0.3) is 0 Å². The first-order chi connectivity index (χ1) is 7.76. The van der Waals surface area contributed by atoms with Gasteiger partial charge in [0.1, 0.15) is 0 Å². The summed E-state index contributed by atoms with van der Waals surface area (Å²) >= 11 is 0. The molecule has 0 spiro atoms. The van der Waals surface area contributed by atoms with Crippen molar-refractivity contribution < 1.29 is 4.79 Å². The van der Waals surface area contributed by atoms with Crippen molar-refractivity contribution in [3.8, 4) is 6.07 Å². The summed E-state index contributed by atoms with van der Waals surface area (Å²) in [5.41, 5.74) is 2.88. The summed E-state index contributed by atoms with van der Waals surface area (Å²) in [7, 11) is 0. The number of fused-ring (bicyclic) bond motifs is 1. The molecule has 1 aliphatic heterocycles. The third-order valence-corrected chi connectivity index (χ3v) is 2.87. The van der Waals surface area contributed by atoms with E-state index in [1.165, 1.54) is 6.08 Å². The molecule has 80 valence electrons. The van der Waals surface area contributed by atoms with Gasteiger partial charge >= 0.3 is 0 Å². The highest BCUT2D eigenvalue weighted by Crippen LogP contribution is 2.22. The van der Waals surface area contributed by atoms with Crippen LogP contribution in [0.15, 0.2) is 30.9 Å². The Balaban J connectivity index is 2.32. The van der Waals surface area contributed by atoms with E-state index in [-0.39, 0.29) is 5.91 Å². The van der Waals surface area contributed by atoms with Gasteiger partial charge < -0.3 is 4.90 Å². The molecule has 0 saturated carbocycles. The first kappa shape index (κ1) is 10.4. The molecule has 1 aliphatic rings. The second kappa shape index (κ2) is 4.19. The molecule has 1 amide bonds. The predicted molar refractivity (Wildman–Crippen MR) is 60.5 cm³/mol. The van der Waals surface area contributed by atoms with E-state index >= 15 is 0 Å². The number of nitriles is 1. The van der Waals surface area contributed by atoms with E-state index in [0.29, 0.717) is 13.1 Å². The standard InChI is InChI=1S/C13H12N2O/c1-2-13(16)15-7-6-12-10(8-14)4-3-5-11(12)9-15/h2-5H,1,6-7,9H2. The zero-order valence-electron chi connectivity index (χ0n) is 8.94. The van der Waals surface area contributed by atoms with Crippen molar-refractivity contribution in [2.75, 3.05) is 6.54 Å². The molecule has 0 fully saturated rings. The molecule has 0 N–H and O–H groups in total. The Kier molecular flexibility index (Phi) is 2.74. The van der Waals surface area contributed by atoms with Crippen LogP contribution in [0, 0.1) is 11.3 Å². The third-order valence-electron chi connectivity index (χ3n) is 2.87. The normalized spacial score (nSPS) is 13.8. The molecule has 1 heterocycles. The number of carbonyl (C=O) groups is 1. The molecule has 1 aromatic rings. The number of benzene rings is 1. The molecule has 0 saturated heterocycles. The molecule has 1 aromatic carbocycles. The second-order valence-electron chi connectivity index (χ2n) is 3.77. The number of hydrogen-bond donors (Lipinski definition) is 0. The zero-order valence-corrected chi connectivity index (χ0v) is 8.94. The molecular formula is C13H12N2O. The lowest BCUT2D eigenvalue weighted by molar-refractivity contribution is -0.126. The van der Waals surface area contributed by atoms with E-state index in [0.717, 1.165) is 23.1 Å². The minimum Gasteiger partial charge on any atom is -0.335 e. The van der Waals surface area contributed by atoms with Crippen molar-refractivity contribution in [1.82, 2.24) is 4.90 Å². The fourth-order valence-electron chi connectivity index (χ4n) is 2.03. The van der Waals surface area contributed by atoms with Crippen molar-refractivity contribution in [2.45, 2.75) is 13.0 Å². The van der Waals surface area contributed by atoms with Crippen LogP contribution < -0.4 is 0 Å². The van der Waals surface area contributed by atoms with Gasteiger partial charge in [0.15, 0.2) is 0 Å². The third kappa shape index (κ3) is 1.70. The van der Waals surface area contributed by atoms with E-state index in [1.807, 2.05) is 18.2 Å². The van der Waals surface area contributed by atoms with Crippen LogP contribution in [-0.4, -0.2) is 17.4 Å². The second-order valence-corrected chi connectivity index (χ2v) is 3.77. The van der Waals surface area contributed by atoms with Gasteiger partial charge in [-0.3, -0.25) is 4.79 Å². The minimum absolute atomic E-state index is 0.0481. The van der Waals surface area contributed by atoms with Crippen LogP contribution in [0.2, 0.25) is 0 Å². The number of amides is 1. The van der Waals surface area contributed by atoms with E-state index in [2.05, 4.69) is 12.6 Å². The number of carbonyl (C=O) groups excluding carboxylic acids is 1. The number of hydrogen-bond acceptors (Lipinski definition) is 2. The quantitative estimate of drug-likeness (QED) is 0.664. The van der Waals surface area contributed by atoms with Gasteiger partial charge in [-0.1, -0.05) is 18.7 Å². The van der Waals surface area contributed by atoms with E-state index in [9.17, 15) is 4.79 Å². The average molecular weight is 212 g/mol. The molecule has 0 aliphatic carbocycles. The van der Waals surface area contributed by atoms with Crippen LogP contribution in [0.1, 0.15) is 16.7 Å². The van der Waals surface area contributed by atoms with Crippen molar-refractivity contribution in [3.63, 3.8) is 0 Å². The number of rotatable bonds is 1. The summed E-state index contributed by atoms with van der Waals surface area (Å²) in [4.78, 5) is 13.2. The number of nitrogens with zero attached hydrogens (tertiary/aromatic N) is 2. The molecule has 16 heavy (non-hydrogen) atoms. The summed E-state index contributed by atoms with van der Waals surface area (Å²) in [6.45, 7) is 4.72. The monoisotopic (exact) mass is 212 g/mol. The fourth-order valence-corrected chi connectivity index (χ4v) is 2.03. The Morgan fingerprint density at radius 3 is 3.06 bits per heavy atom. The smallest absolute Gasteiger partial charge is 0.246 e. The largest absolute Gasteiger partial charge is 0.335 e. The van der Waals surface area contributed by atoms with Crippen molar-refractivity contribution >= 4 is 5.91 Å². The maximum absolute atomic E-state index is 11.5. The highest BCUT2D eigenvalue weighted by atomic mass is 16.2. The van der Waals surface area contributed by atoms with Gasteiger partial charge in [-0.05, 0) is 29.7 Å². The molecule has 2 rings (SSSR count). The van der Waals surface area contributed by atoms with Crippen molar-refractivity contribution in [3.05, 3.63) is 47.5 Å². The van der Waals surface area contributed by atoms with Crippen LogP contribution in [0.3, 0.4) is 0 Å². The molecule has 0 radical (unpaired) electrons. The minimum atomic E-state index is -0.0481. The topological polar surface area (TPSA) is 44.1 Å². The van der Waals surface area contributed by atoms with Gasteiger partial charge in [0, 0.05) is 13.1 Å². The predicted octanol–water partition coefficient (Wildman–Crippen LogP) is 1.63. The van der Waals surface area contributed by atoms with E-state index in [4.69, 9.17) is 5.26 Å². The Morgan fingerprint density at radius 2 is 2.38 bits per heavy atom. The van der Waals surface area contributed by atoms with Gasteiger partial charge in [0.05, 0.1) is 11.6 Å². The summed E-state index contributed by atoms with van der Waals surface area (Å²) in [5.74, 6) is -0.0481. The summed E-state index contributed by atoms with van der Waals surface area (Å²) < 4.78 is 0. The molecular weight excluding hydrogens is 200 g/mol. The Morgan fingerprint density at radius 1 is 1.56 bits per heavy atom. The van der Waals surface area contributed by atoms with Gasteiger partial charge in [-0.15, -0.1) is 0 Å². The summed E-state index contributed by atoms with van der Waals surface area (Å²) in [6.07, 6.45) is 2.08. The van der Waals surface area contributed by atoms with E-state index < -0.39 is 0 Å². The zero-order chi connectivity index (χ0) is 11.5. The highest BCUT2D eigenvalue weighted by molar-refractivity contribution is 5.87. The van der Waals surface area contributed by atoms with Crippen LogP contribution in [-0.2, 0) is 17.8 Å². The lowest BCUT2D eigenvalue weighted by atomic mass is 9.95. The summed E-state index contributed by atoms with van der Waals surface area (Å²) in [5, 5.41) is 8.97. The average Bonchev–Trinajstić information content (AvgIpc) is 2.36. The molecule has 0 aromatic heterocycles. The maximum Gasteiger partial charge on any atom is 0.246 e. The lowest BCUT2D eigenvalue weighted by Crippen LogP contribution is -2.35. The molecule has 0 atom stereocenters. The van der Waals surface area contributed by atoms with Gasteiger partial charge in [0.2, 0.25) is 5.91 Å². The van der Waals surface area contributed by atoms with Crippen LogP contribution in [0.4, 0.5) is 0 Å². The Hall–Kier alpha value is -2.08. The fraction of sp³-hybridized carbons (Fsp3) is 0.231. The van der Waals surface area contributed by atoms with Crippen LogP contribution in [0.5, 0.6) is 0 Å². The van der Waals surface area contributed by atoms with Gasteiger partial charge in [-0.25, -0.2) is 0 Å². The van der Waals surface area contributed by atoms with Crippen LogP contribution >= 0.6 is 0 Å². The molecule has 3 heteroatoms. The van der Waals surface area contributed by atoms with Crippen molar-refractivity contribution in [2.24, 2.45) is 0 Å². The molecule has 0 unspecified atom stereocenters. The Labute approximate surface area is 94.6 Å². The highest BCUT2D eigenvalue weighted by Gasteiger charge is 2.20. The first-order valence-corrected chi connectivity index (χ1v) is 5.18. The molecule has 3 nitrogen and oxygen atoms in total. The maximum atomic E-state index is 11.5. The van der Waals surface area contributed by atoms with E-state index in [1.54, 1.807) is 4.90 Å². The Bertz CT molecular complexity index is 485. The van der Waals surface area contributed by atoms with Crippen LogP contribution in [0.25, 0.3) is 0 Å². The van der Waals surface area contributed by atoms with Crippen molar-refractivity contribution in [1.29, 1.82) is 5.26 Å².